The highest BCUT2D eigenvalue weighted by Gasteiger charge is 2.30. The summed E-state index contributed by atoms with van der Waals surface area (Å²) in [7, 11) is -3.14. The molecule has 1 aromatic rings. The van der Waals surface area contributed by atoms with E-state index in [0.717, 1.165) is 18.4 Å². The van der Waals surface area contributed by atoms with Crippen LogP contribution in [0.5, 0.6) is 0 Å². The number of hydrogen-bond acceptors (Lipinski definition) is 4. The van der Waals surface area contributed by atoms with Crippen LogP contribution < -0.4 is 5.32 Å². The first-order valence-electron chi connectivity index (χ1n) is 5.59. The fraction of sp³-hybridized carbons (Fsp3) is 0.455. The van der Waals surface area contributed by atoms with E-state index < -0.39 is 27.5 Å². The lowest BCUT2D eigenvalue weighted by molar-refractivity contribution is -0.137. The van der Waals surface area contributed by atoms with Crippen LogP contribution in [0, 0.1) is 0 Å². The van der Waals surface area contributed by atoms with Gasteiger partial charge in [0.1, 0.15) is 15.7 Å². The number of alkyl halides is 3. The van der Waals surface area contributed by atoms with Crippen molar-refractivity contribution in [1.29, 1.82) is 0 Å². The van der Waals surface area contributed by atoms with Crippen molar-refractivity contribution in [3.8, 4) is 0 Å². The van der Waals surface area contributed by atoms with Crippen molar-refractivity contribution in [2.45, 2.75) is 19.0 Å². The number of anilines is 1. The molecule has 0 fully saturated rings. The monoisotopic (exact) mass is 310 g/mol. The molecule has 9 heteroatoms. The second-order valence-electron chi connectivity index (χ2n) is 4.21. The third kappa shape index (κ3) is 6.00. The lowest BCUT2D eigenvalue weighted by Crippen LogP contribution is -2.15. The maximum absolute atomic E-state index is 12.3. The minimum Gasteiger partial charge on any atom is -0.311 e. The number of nitrogens with one attached hydrogen (secondary N) is 1. The first-order valence-corrected chi connectivity index (χ1v) is 7.65. The van der Waals surface area contributed by atoms with Crippen molar-refractivity contribution < 1.29 is 26.4 Å². The predicted molar refractivity (Wildman–Crippen MR) is 66.8 cm³/mol. The molecule has 20 heavy (non-hydrogen) atoms. The SMILES string of the molecule is CS(=O)(=O)CCCC(=O)Nc1ccc(C(F)(F)F)cn1. The zero-order valence-electron chi connectivity index (χ0n) is 10.6. The summed E-state index contributed by atoms with van der Waals surface area (Å²) >= 11 is 0. The molecule has 0 spiro atoms. The van der Waals surface area contributed by atoms with Gasteiger partial charge in [0.15, 0.2) is 0 Å². The summed E-state index contributed by atoms with van der Waals surface area (Å²) in [6.45, 7) is 0. The molecule has 0 aliphatic heterocycles. The fourth-order valence-electron chi connectivity index (χ4n) is 1.34. The number of carbonyl (C=O) groups excluding carboxylic acids is 1. The molecular formula is C11H13F3N2O3S. The van der Waals surface area contributed by atoms with Crippen molar-refractivity contribution in [1.82, 2.24) is 4.98 Å². The molecule has 1 N–H and O–H groups in total. The molecule has 1 heterocycles. The summed E-state index contributed by atoms with van der Waals surface area (Å²) in [6, 6.07) is 1.84. The van der Waals surface area contributed by atoms with Gasteiger partial charge in [0.05, 0.1) is 11.3 Å². The summed E-state index contributed by atoms with van der Waals surface area (Å²) in [4.78, 5) is 14.9. The summed E-state index contributed by atoms with van der Waals surface area (Å²) in [5, 5.41) is 2.29. The van der Waals surface area contributed by atoms with Crippen LogP contribution in [0.3, 0.4) is 0 Å². The van der Waals surface area contributed by atoms with E-state index in [1.54, 1.807) is 0 Å². The smallest absolute Gasteiger partial charge is 0.311 e. The average Bonchev–Trinajstić information content (AvgIpc) is 2.26. The van der Waals surface area contributed by atoms with E-state index >= 15 is 0 Å². The van der Waals surface area contributed by atoms with E-state index in [-0.39, 0.29) is 24.4 Å². The Labute approximate surface area is 114 Å². The topological polar surface area (TPSA) is 76.1 Å². The second-order valence-corrected chi connectivity index (χ2v) is 6.47. The maximum atomic E-state index is 12.3. The third-order valence-corrected chi connectivity index (χ3v) is 3.31. The van der Waals surface area contributed by atoms with Crippen molar-refractivity contribution in [2.75, 3.05) is 17.3 Å². The first kappa shape index (κ1) is 16.4. The summed E-state index contributed by atoms with van der Waals surface area (Å²) in [6.07, 6.45) is -2.71. The van der Waals surface area contributed by atoms with E-state index in [0.29, 0.717) is 6.20 Å². The summed E-state index contributed by atoms with van der Waals surface area (Å²) in [5.41, 5.74) is -0.910. The van der Waals surface area contributed by atoms with Gasteiger partial charge in [0.2, 0.25) is 5.91 Å². The van der Waals surface area contributed by atoms with Crippen molar-refractivity contribution in [2.24, 2.45) is 0 Å². The number of hydrogen-bond donors (Lipinski definition) is 1. The largest absolute Gasteiger partial charge is 0.417 e. The number of nitrogens with zero attached hydrogens (tertiary/aromatic N) is 1. The highest BCUT2D eigenvalue weighted by Crippen LogP contribution is 2.28. The van der Waals surface area contributed by atoms with Gasteiger partial charge < -0.3 is 5.32 Å². The second kappa shape index (κ2) is 6.21. The van der Waals surface area contributed by atoms with Crippen LogP contribution in [-0.4, -0.2) is 31.3 Å². The number of halogens is 3. The molecule has 0 atom stereocenters. The number of sulfone groups is 1. The van der Waals surface area contributed by atoms with Crippen LogP contribution in [0.25, 0.3) is 0 Å². The van der Waals surface area contributed by atoms with Crippen LogP contribution in [0.2, 0.25) is 0 Å². The van der Waals surface area contributed by atoms with Gasteiger partial charge in [-0.1, -0.05) is 0 Å². The molecule has 0 aliphatic carbocycles. The molecule has 0 aromatic carbocycles. The predicted octanol–water partition coefficient (Wildman–Crippen LogP) is 1.86. The van der Waals surface area contributed by atoms with E-state index in [2.05, 4.69) is 10.3 Å². The molecule has 0 unspecified atom stereocenters. The number of rotatable bonds is 5. The zero-order chi connectivity index (χ0) is 15.4. The van der Waals surface area contributed by atoms with Gasteiger partial charge in [-0.25, -0.2) is 13.4 Å². The Morgan fingerprint density at radius 3 is 2.45 bits per heavy atom. The first-order chi connectivity index (χ1) is 9.08. The molecule has 112 valence electrons. The van der Waals surface area contributed by atoms with E-state index in [9.17, 15) is 26.4 Å². The van der Waals surface area contributed by atoms with Gasteiger partial charge in [0, 0.05) is 18.9 Å². The van der Waals surface area contributed by atoms with E-state index in [4.69, 9.17) is 0 Å². The Morgan fingerprint density at radius 1 is 1.35 bits per heavy atom. The van der Waals surface area contributed by atoms with Crippen LogP contribution in [0.1, 0.15) is 18.4 Å². The molecule has 5 nitrogen and oxygen atoms in total. The van der Waals surface area contributed by atoms with Crippen molar-refractivity contribution in [3.05, 3.63) is 23.9 Å². The molecule has 0 saturated carbocycles. The Balaban J connectivity index is 2.51. The van der Waals surface area contributed by atoms with Crippen molar-refractivity contribution >= 4 is 21.6 Å². The van der Waals surface area contributed by atoms with E-state index in [1.165, 1.54) is 0 Å². The summed E-state index contributed by atoms with van der Waals surface area (Å²) < 4.78 is 58.5. The molecular weight excluding hydrogens is 297 g/mol. The Bertz CT molecular complexity index is 568. The number of amides is 1. The van der Waals surface area contributed by atoms with Gasteiger partial charge in [-0.2, -0.15) is 13.2 Å². The molecule has 1 rings (SSSR count). The average molecular weight is 310 g/mol. The highest BCUT2D eigenvalue weighted by atomic mass is 32.2. The molecule has 0 radical (unpaired) electrons. The third-order valence-electron chi connectivity index (χ3n) is 2.28. The van der Waals surface area contributed by atoms with Crippen LogP contribution in [-0.2, 0) is 20.8 Å². The number of aromatic nitrogens is 1. The zero-order valence-corrected chi connectivity index (χ0v) is 11.4. The normalized spacial score (nSPS) is 12.2. The van der Waals surface area contributed by atoms with Crippen molar-refractivity contribution in [3.63, 3.8) is 0 Å². The van der Waals surface area contributed by atoms with Gasteiger partial charge in [-0.3, -0.25) is 4.79 Å². The quantitative estimate of drug-likeness (QED) is 0.900. The van der Waals surface area contributed by atoms with Crippen LogP contribution in [0.4, 0.5) is 19.0 Å². The van der Waals surface area contributed by atoms with Gasteiger partial charge in [0.25, 0.3) is 0 Å². The van der Waals surface area contributed by atoms with Gasteiger partial charge >= 0.3 is 6.18 Å². The van der Waals surface area contributed by atoms with Gasteiger partial charge in [-0.15, -0.1) is 0 Å². The standard InChI is InChI=1S/C11H13F3N2O3S/c1-20(18,19)6-2-3-10(17)16-9-5-4-8(7-15-9)11(12,13)14/h4-5,7H,2-3,6H2,1H3,(H,15,16,17). The highest BCUT2D eigenvalue weighted by molar-refractivity contribution is 7.90. The maximum Gasteiger partial charge on any atom is 0.417 e. The minimum atomic E-state index is -4.48. The van der Waals surface area contributed by atoms with Gasteiger partial charge in [-0.05, 0) is 18.6 Å². The molecule has 0 bridgehead atoms. The lowest BCUT2D eigenvalue weighted by Gasteiger charge is -2.07. The van der Waals surface area contributed by atoms with Crippen LogP contribution >= 0.6 is 0 Å². The summed E-state index contributed by atoms with van der Waals surface area (Å²) in [5.74, 6) is -0.635. The molecule has 1 amide bonds. The minimum absolute atomic E-state index is 0.0117. The Hall–Kier alpha value is -1.64. The van der Waals surface area contributed by atoms with E-state index in [1.807, 2.05) is 0 Å². The molecule has 0 aliphatic rings. The number of carbonyl (C=O) groups is 1. The lowest BCUT2D eigenvalue weighted by atomic mass is 10.2. The number of pyridine rings is 1. The molecule has 1 aromatic heterocycles. The fourth-order valence-corrected chi connectivity index (χ4v) is 2.00. The molecule has 0 saturated heterocycles. The Kier molecular flexibility index (Phi) is 5.09. The Morgan fingerprint density at radius 2 is 2.00 bits per heavy atom. The van der Waals surface area contributed by atoms with Crippen LogP contribution in [0.15, 0.2) is 18.3 Å².